The monoisotopic (exact) mass is 469 g/mol. The second kappa shape index (κ2) is 8.19. The van der Waals surface area contributed by atoms with Crippen LogP contribution in [-0.2, 0) is 11.3 Å². The average Bonchev–Trinajstić information content (AvgIpc) is 3.32. The molecule has 5 rings (SSSR count). The first-order chi connectivity index (χ1) is 15.0. The largest absolute Gasteiger partial charge is 0.323 e. The Hall–Kier alpha value is -2.53. The number of benzene rings is 3. The van der Waals surface area contributed by atoms with Crippen molar-refractivity contribution >= 4 is 57.4 Å². The summed E-state index contributed by atoms with van der Waals surface area (Å²) in [6, 6.07) is 21.0. The van der Waals surface area contributed by atoms with E-state index < -0.39 is 0 Å². The summed E-state index contributed by atoms with van der Waals surface area (Å²) in [7, 11) is 0. The number of hydrogen-bond donors (Lipinski definition) is 0. The van der Waals surface area contributed by atoms with Crippen molar-refractivity contribution < 1.29 is 4.79 Å². The van der Waals surface area contributed by atoms with Crippen LogP contribution >= 0.6 is 34.8 Å². The molecule has 31 heavy (non-hydrogen) atoms. The van der Waals surface area contributed by atoms with Crippen molar-refractivity contribution in [2.45, 2.75) is 18.9 Å². The number of imidazole rings is 1. The van der Waals surface area contributed by atoms with Crippen molar-refractivity contribution in [1.82, 2.24) is 9.55 Å². The van der Waals surface area contributed by atoms with Crippen molar-refractivity contribution in [1.29, 1.82) is 0 Å². The van der Waals surface area contributed by atoms with Gasteiger partial charge in [-0.15, -0.1) is 0 Å². The lowest BCUT2D eigenvalue weighted by Gasteiger charge is -2.17. The van der Waals surface area contributed by atoms with E-state index in [-0.39, 0.29) is 11.8 Å². The van der Waals surface area contributed by atoms with Crippen LogP contribution in [0.1, 0.15) is 23.7 Å². The van der Waals surface area contributed by atoms with E-state index in [1.165, 1.54) is 0 Å². The Morgan fingerprint density at radius 2 is 1.71 bits per heavy atom. The molecule has 1 fully saturated rings. The smallest absolute Gasteiger partial charge is 0.227 e. The lowest BCUT2D eigenvalue weighted by atomic mass is 10.1. The van der Waals surface area contributed by atoms with Crippen LogP contribution in [-0.4, -0.2) is 22.0 Å². The molecule has 0 N–H and O–H groups in total. The van der Waals surface area contributed by atoms with Crippen LogP contribution in [0.5, 0.6) is 0 Å². The number of fused-ring (bicyclic) bond motifs is 1. The Bertz CT molecular complexity index is 1280. The molecule has 1 unspecified atom stereocenters. The lowest BCUT2D eigenvalue weighted by Crippen LogP contribution is -2.24. The molecular formula is C24H18Cl3N3O. The highest BCUT2D eigenvalue weighted by Crippen LogP contribution is 2.34. The summed E-state index contributed by atoms with van der Waals surface area (Å²) in [5.41, 5.74) is 3.82. The van der Waals surface area contributed by atoms with Gasteiger partial charge in [0.2, 0.25) is 5.91 Å². The van der Waals surface area contributed by atoms with Crippen molar-refractivity contribution in [3.05, 3.63) is 93.2 Å². The fourth-order valence-corrected chi connectivity index (χ4v) is 4.59. The molecule has 0 saturated carbocycles. The number of nitrogens with zero attached hydrogens (tertiary/aromatic N) is 3. The van der Waals surface area contributed by atoms with Crippen LogP contribution < -0.4 is 4.90 Å². The van der Waals surface area contributed by atoms with E-state index in [1.807, 2.05) is 47.4 Å². The van der Waals surface area contributed by atoms with E-state index in [0.717, 1.165) is 28.1 Å². The second-order valence-electron chi connectivity index (χ2n) is 7.68. The summed E-state index contributed by atoms with van der Waals surface area (Å²) < 4.78 is 2.18. The van der Waals surface area contributed by atoms with Gasteiger partial charge in [0.1, 0.15) is 5.82 Å². The molecule has 2 heterocycles. The molecule has 0 radical (unpaired) electrons. The maximum Gasteiger partial charge on any atom is 0.227 e. The number of rotatable bonds is 4. The molecule has 156 valence electrons. The second-order valence-corrected chi connectivity index (χ2v) is 8.93. The van der Waals surface area contributed by atoms with Gasteiger partial charge in [-0.2, -0.15) is 0 Å². The van der Waals surface area contributed by atoms with Gasteiger partial charge in [0.15, 0.2) is 0 Å². The number of anilines is 1. The highest BCUT2D eigenvalue weighted by molar-refractivity contribution is 6.42. The van der Waals surface area contributed by atoms with E-state index >= 15 is 0 Å². The Morgan fingerprint density at radius 1 is 0.935 bits per heavy atom. The summed E-state index contributed by atoms with van der Waals surface area (Å²) >= 11 is 18.3. The predicted molar refractivity (Wildman–Crippen MR) is 126 cm³/mol. The zero-order chi connectivity index (χ0) is 21.5. The molecule has 4 nitrogen and oxygen atoms in total. The van der Waals surface area contributed by atoms with Crippen LogP contribution in [0.4, 0.5) is 5.69 Å². The van der Waals surface area contributed by atoms with Crippen LogP contribution in [0.15, 0.2) is 66.7 Å². The first kappa shape index (κ1) is 20.4. The molecule has 1 aromatic heterocycles. The minimum Gasteiger partial charge on any atom is -0.323 e. The zero-order valence-electron chi connectivity index (χ0n) is 16.4. The fraction of sp³-hybridized carbons (Fsp3) is 0.167. The van der Waals surface area contributed by atoms with E-state index in [4.69, 9.17) is 39.8 Å². The summed E-state index contributed by atoms with van der Waals surface area (Å²) in [5.74, 6) is 0.968. The Kier molecular flexibility index (Phi) is 5.39. The summed E-state index contributed by atoms with van der Waals surface area (Å²) in [6.45, 7) is 1.17. The third-order valence-electron chi connectivity index (χ3n) is 5.64. The number of halogens is 3. The third-order valence-corrected chi connectivity index (χ3v) is 6.63. The predicted octanol–water partition coefficient (Wildman–Crippen LogP) is 6.57. The van der Waals surface area contributed by atoms with Gasteiger partial charge in [-0.1, -0.05) is 53.0 Å². The number of amides is 1. The minimum absolute atomic E-state index is 0.0154. The summed E-state index contributed by atoms with van der Waals surface area (Å²) in [5, 5.41) is 1.70. The van der Waals surface area contributed by atoms with E-state index in [2.05, 4.69) is 10.6 Å². The fourth-order valence-electron chi connectivity index (χ4n) is 4.14. The normalized spacial score (nSPS) is 16.4. The van der Waals surface area contributed by atoms with Crippen LogP contribution in [0.3, 0.4) is 0 Å². The van der Waals surface area contributed by atoms with Gasteiger partial charge in [-0.25, -0.2) is 4.98 Å². The molecular weight excluding hydrogens is 453 g/mol. The number of aromatic nitrogens is 2. The molecule has 1 amide bonds. The van der Waals surface area contributed by atoms with Gasteiger partial charge in [0.05, 0.1) is 21.1 Å². The van der Waals surface area contributed by atoms with Gasteiger partial charge in [-0.3, -0.25) is 4.79 Å². The quantitative estimate of drug-likeness (QED) is 0.338. The highest BCUT2D eigenvalue weighted by Gasteiger charge is 2.34. The molecule has 1 aliphatic rings. The maximum absolute atomic E-state index is 12.8. The van der Waals surface area contributed by atoms with E-state index in [0.29, 0.717) is 34.6 Å². The number of carbonyl (C=O) groups excluding carboxylic acids is 1. The Balaban J connectivity index is 1.52. The molecule has 0 bridgehead atoms. The molecule has 1 atom stereocenters. The zero-order valence-corrected chi connectivity index (χ0v) is 18.7. The minimum atomic E-state index is -0.0154. The molecule has 3 aromatic carbocycles. The third kappa shape index (κ3) is 3.91. The van der Waals surface area contributed by atoms with Crippen molar-refractivity contribution in [2.75, 3.05) is 11.4 Å². The molecule has 4 aromatic rings. The summed E-state index contributed by atoms with van der Waals surface area (Å²) in [4.78, 5) is 19.6. The van der Waals surface area contributed by atoms with Crippen molar-refractivity contribution in [3.8, 4) is 0 Å². The van der Waals surface area contributed by atoms with Gasteiger partial charge in [0, 0.05) is 36.1 Å². The van der Waals surface area contributed by atoms with Crippen LogP contribution in [0.25, 0.3) is 11.0 Å². The number of carbonyl (C=O) groups is 1. The SMILES string of the molecule is O=C1CC(c2nc3ccccc3n2Cc2ccc(Cl)c(Cl)c2)CN1c1ccc(Cl)cc1. The lowest BCUT2D eigenvalue weighted by molar-refractivity contribution is -0.117. The van der Waals surface area contributed by atoms with Gasteiger partial charge < -0.3 is 9.47 Å². The van der Waals surface area contributed by atoms with Crippen molar-refractivity contribution in [3.63, 3.8) is 0 Å². The number of hydrogen-bond acceptors (Lipinski definition) is 2. The van der Waals surface area contributed by atoms with Crippen LogP contribution in [0, 0.1) is 0 Å². The van der Waals surface area contributed by atoms with E-state index in [1.54, 1.807) is 18.2 Å². The molecule has 1 aliphatic heterocycles. The van der Waals surface area contributed by atoms with Gasteiger partial charge >= 0.3 is 0 Å². The van der Waals surface area contributed by atoms with Crippen LogP contribution in [0.2, 0.25) is 15.1 Å². The maximum atomic E-state index is 12.8. The molecule has 1 saturated heterocycles. The summed E-state index contributed by atoms with van der Waals surface area (Å²) in [6.07, 6.45) is 0.410. The Labute approximate surface area is 195 Å². The molecule has 0 aliphatic carbocycles. The average molecular weight is 471 g/mol. The van der Waals surface area contributed by atoms with Gasteiger partial charge in [0.25, 0.3) is 0 Å². The highest BCUT2D eigenvalue weighted by atomic mass is 35.5. The number of para-hydroxylation sites is 2. The Morgan fingerprint density at radius 3 is 2.48 bits per heavy atom. The molecule has 0 spiro atoms. The standard InChI is InChI=1S/C24H18Cl3N3O/c25-17-6-8-18(9-7-17)29-14-16(12-23(29)31)24-28-21-3-1-2-4-22(21)30(24)13-15-5-10-19(26)20(27)11-15/h1-11,16H,12-14H2. The van der Waals surface area contributed by atoms with E-state index in [9.17, 15) is 4.79 Å². The molecule has 7 heteroatoms. The van der Waals surface area contributed by atoms with Crippen molar-refractivity contribution in [2.24, 2.45) is 0 Å². The first-order valence-corrected chi connectivity index (χ1v) is 11.1. The first-order valence-electron chi connectivity index (χ1n) is 9.94. The topological polar surface area (TPSA) is 38.1 Å². The van der Waals surface area contributed by atoms with Gasteiger partial charge in [-0.05, 0) is 54.1 Å².